The summed E-state index contributed by atoms with van der Waals surface area (Å²) in [7, 11) is 5.67. The van der Waals surface area contributed by atoms with Gasteiger partial charge in [0.1, 0.15) is 5.82 Å². The molecule has 0 saturated carbocycles. The second kappa shape index (κ2) is 7.40. The number of hydrogen-bond acceptors (Lipinski definition) is 6. The first kappa shape index (κ1) is 15.0. The van der Waals surface area contributed by atoms with Crippen molar-refractivity contribution in [3.8, 4) is 0 Å². The van der Waals surface area contributed by atoms with E-state index in [1.807, 2.05) is 31.3 Å². The minimum Gasteiger partial charge on any atom is -0.382 e. The van der Waals surface area contributed by atoms with Gasteiger partial charge in [-0.15, -0.1) is 0 Å². The van der Waals surface area contributed by atoms with Gasteiger partial charge in [0.25, 0.3) is 0 Å². The summed E-state index contributed by atoms with van der Waals surface area (Å²) >= 11 is 0. The monoisotopic (exact) mass is 280 g/mol. The molecule has 2 rings (SSSR count). The van der Waals surface area contributed by atoms with Gasteiger partial charge >= 0.3 is 0 Å². The lowest BCUT2D eigenvalue weighted by Gasteiger charge is -2.32. The summed E-state index contributed by atoms with van der Waals surface area (Å²) in [6, 6.07) is 1.92. The third kappa shape index (κ3) is 4.05. The zero-order chi connectivity index (χ0) is 14.4. The van der Waals surface area contributed by atoms with Gasteiger partial charge in [0.15, 0.2) is 0 Å². The summed E-state index contributed by atoms with van der Waals surface area (Å²) in [4.78, 5) is 13.2. The quantitative estimate of drug-likeness (QED) is 0.729. The van der Waals surface area contributed by atoms with E-state index in [0.717, 1.165) is 37.7 Å². The van der Waals surface area contributed by atoms with Gasteiger partial charge in [-0.1, -0.05) is 0 Å². The minimum atomic E-state index is 0.332. The molecule has 1 aromatic rings. The zero-order valence-electron chi connectivity index (χ0n) is 12.6. The molecular formula is C14H24N4O2. The summed E-state index contributed by atoms with van der Waals surface area (Å²) in [6.07, 6.45) is 4.18. The molecule has 6 heteroatoms. The number of ether oxygens (including phenoxy) is 2. The van der Waals surface area contributed by atoms with Gasteiger partial charge in [0.2, 0.25) is 5.95 Å². The molecule has 1 fully saturated rings. The number of anilines is 2. The number of methoxy groups -OCH3 is 1. The molecule has 1 aliphatic heterocycles. The highest BCUT2D eigenvalue weighted by atomic mass is 16.5. The fourth-order valence-electron chi connectivity index (χ4n) is 2.26. The molecular weight excluding hydrogens is 256 g/mol. The smallest absolute Gasteiger partial charge is 0.227 e. The highest BCUT2D eigenvalue weighted by Gasteiger charge is 2.21. The molecule has 0 N–H and O–H groups in total. The van der Waals surface area contributed by atoms with Crippen LogP contribution in [0.2, 0.25) is 0 Å². The van der Waals surface area contributed by atoms with Gasteiger partial charge in [-0.25, -0.2) is 4.98 Å². The Hall–Kier alpha value is -1.40. The van der Waals surface area contributed by atoms with E-state index in [4.69, 9.17) is 9.47 Å². The van der Waals surface area contributed by atoms with Crippen LogP contribution in [0.1, 0.15) is 12.8 Å². The first-order chi connectivity index (χ1) is 9.70. The lowest BCUT2D eigenvalue weighted by Crippen LogP contribution is -2.38. The molecule has 0 unspecified atom stereocenters. The Balaban J connectivity index is 1.85. The fourth-order valence-corrected chi connectivity index (χ4v) is 2.26. The number of aromatic nitrogens is 2. The lowest BCUT2D eigenvalue weighted by molar-refractivity contribution is 0.00598. The molecule has 1 saturated heterocycles. The topological polar surface area (TPSA) is 50.7 Å². The van der Waals surface area contributed by atoms with E-state index in [1.165, 1.54) is 0 Å². The Kier molecular flexibility index (Phi) is 5.55. The highest BCUT2D eigenvalue weighted by molar-refractivity contribution is 5.42. The van der Waals surface area contributed by atoms with E-state index >= 15 is 0 Å². The molecule has 0 bridgehead atoms. The van der Waals surface area contributed by atoms with E-state index in [-0.39, 0.29) is 0 Å². The van der Waals surface area contributed by atoms with Crippen molar-refractivity contribution in [2.45, 2.75) is 18.9 Å². The Morgan fingerprint density at radius 2 is 2.05 bits per heavy atom. The number of piperidine rings is 1. The molecule has 20 heavy (non-hydrogen) atoms. The first-order valence-electron chi connectivity index (χ1n) is 7.06. The molecule has 0 spiro atoms. The van der Waals surface area contributed by atoms with Gasteiger partial charge in [0, 0.05) is 40.5 Å². The third-order valence-corrected chi connectivity index (χ3v) is 3.45. The summed E-state index contributed by atoms with van der Waals surface area (Å²) < 4.78 is 10.8. The van der Waals surface area contributed by atoms with Gasteiger partial charge in [-0.3, -0.25) is 0 Å². The first-order valence-corrected chi connectivity index (χ1v) is 7.06. The summed E-state index contributed by atoms with van der Waals surface area (Å²) in [5.74, 6) is 1.75. The third-order valence-electron chi connectivity index (χ3n) is 3.45. The van der Waals surface area contributed by atoms with Crippen LogP contribution in [0.4, 0.5) is 11.8 Å². The standard InChI is InChI=1S/C14H24N4O2/c1-17(2)13-4-7-15-14(16-13)18-8-5-12(6-9-18)20-11-10-19-3/h4,7,12H,5-6,8-11H2,1-3H3. The second-order valence-electron chi connectivity index (χ2n) is 5.16. The molecule has 112 valence electrons. The number of rotatable bonds is 6. The van der Waals surface area contributed by atoms with E-state index in [1.54, 1.807) is 7.11 Å². The normalized spacial score (nSPS) is 16.4. The van der Waals surface area contributed by atoms with Gasteiger partial charge in [0.05, 0.1) is 19.3 Å². The number of nitrogens with zero attached hydrogens (tertiary/aromatic N) is 4. The largest absolute Gasteiger partial charge is 0.382 e. The Morgan fingerprint density at radius 1 is 1.30 bits per heavy atom. The van der Waals surface area contributed by atoms with Crippen molar-refractivity contribution in [2.75, 3.05) is 57.3 Å². The maximum atomic E-state index is 5.77. The molecule has 1 aliphatic rings. The van der Waals surface area contributed by atoms with E-state index in [2.05, 4.69) is 14.9 Å². The van der Waals surface area contributed by atoms with Crippen molar-refractivity contribution in [3.63, 3.8) is 0 Å². The maximum Gasteiger partial charge on any atom is 0.227 e. The Morgan fingerprint density at radius 3 is 2.70 bits per heavy atom. The average Bonchev–Trinajstić information content (AvgIpc) is 2.48. The van der Waals surface area contributed by atoms with Crippen LogP contribution in [0.5, 0.6) is 0 Å². The van der Waals surface area contributed by atoms with Crippen LogP contribution in [0, 0.1) is 0 Å². The van der Waals surface area contributed by atoms with Crippen LogP contribution in [0.15, 0.2) is 12.3 Å². The van der Waals surface area contributed by atoms with Gasteiger partial charge in [-0.05, 0) is 18.9 Å². The zero-order valence-corrected chi connectivity index (χ0v) is 12.6. The molecule has 0 radical (unpaired) electrons. The second-order valence-corrected chi connectivity index (χ2v) is 5.16. The highest BCUT2D eigenvalue weighted by Crippen LogP contribution is 2.19. The minimum absolute atomic E-state index is 0.332. The molecule has 0 amide bonds. The van der Waals surface area contributed by atoms with Gasteiger partial charge in [-0.2, -0.15) is 4.98 Å². The molecule has 0 atom stereocenters. The van der Waals surface area contributed by atoms with Crippen molar-refractivity contribution >= 4 is 11.8 Å². The van der Waals surface area contributed by atoms with E-state index < -0.39 is 0 Å². The summed E-state index contributed by atoms with van der Waals surface area (Å²) in [5.41, 5.74) is 0. The van der Waals surface area contributed by atoms with Crippen LogP contribution in [-0.4, -0.2) is 63.6 Å². The van der Waals surface area contributed by atoms with Crippen LogP contribution < -0.4 is 9.80 Å². The Bertz CT molecular complexity index is 406. The molecule has 1 aromatic heterocycles. The van der Waals surface area contributed by atoms with E-state index in [9.17, 15) is 0 Å². The lowest BCUT2D eigenvalue weighted by atomic mass is 10.1. The maximum absolute atomic E-state index is 5.77. The van der Waals surface area contributed by atoms with Crippen molar-refractivity contribution in [1.29, 1.82) is 0 Å². The fraction of sp³-hybridized carbons (Fsp3) is 0.714. The summed E-state index contributed by atoms with van der Waals surface area (Å²) in [6.45, 7) is 3.21. The van der Waals surface area contributed by atoms with Crippen molar-refractivity contribution < 1.29 is 9.47 Å². The van der Waals surface area contributed by atoms with Crippen molar-refractivity contribution in [3.05, 3.63) is 12.3 Å². The molecule has 0 aliphatic carbocycles. The summed E-state index contributed by atoms with van der Waals surface area (Å²) in [5, 5.41) is 0. The van der Waals surface area contributed by atoms with Crippen molar-refractivity contribution in [1.82, 2.24) is 9.97 Å². The van der Waals surface area contributed by atoms with Crippen LogP contribution in [-0.2, 0) is 9.47 Å². The van der Waals surface area contributed by atoms with E-state index in [0.29, 0.717) is 19.3 Å². The van der Waals surface area contributed by atoms with Crippen LogP contribution >= 0.6 is 0 Å². The van der Waals surface area contributed by atoms with Crippen LogP contribution in [0.25, 0.3) is 0 Å². The Labute approximate surface area is 120 Å². The van der Waals surface area contributed by atoms with Gasteiger partial charge < -0.3 is 19.3 Å². The average molecular weight is 280 g/mol. The van der Waals surface area contributed by atoms with Crippen LogP contribution in [0.3, 0.4) is 0 Å². The molecule has 2 heterocycles. The predicted molar refractivity (Wildman–Crippen MR) is 79.4 cm³/mol. The number of hydrogen-bond donors (Lipinski definition) is 0. The SMILES string of the molecule is COCCOC1CCN(c2nccc(N(C)C)n2)CC1. The predicted octanol–water partition coefficient (Wildman–Crippen LogP) is 1.17. The molecule has 0 aromatic carbocycles. The molecule has 6 nitrogen and oxygen atoms in total. The van der Waals surface area contributed by atoms with Crippen molar-refractivity contribution in [2.24, 2.45) is 0 Å².